The molecule has 0 aliphatic heterocycles. The molecule has 3 N–H and O–H groups in total. The van der Waals surface area contributed by atoms with Crippen LogP contribution in [0.1, 0.15) is 0 Å². The summed E-state index contributed by atoms with van der Waals surface area (Å²) in [6.45, 7) is 0. The van der Waals surface area contributed by atoms with Gasteiger partial charge in [0.25, 0.3) is 0 Å². The van der Waals surface area contributed by atoms with E-state index in [0.29, 0.717) is 5.56 Å². The number of rotatable bonds is 1. The van der Waals surface area contributed by atoms with Crippen molar-refractivity contribution < 1.29 is 19.7 Å². The van der Waals surface area contributed by atoms with Gasteiger partial charge in [-0.1, -0.05) is 12.1 Å². The Bertz CT molecular complexity index is 864. The summed E-state index contributed by atoms with van der Waals surface area (Å²) in [6, 6.07) is 10.1. The first-order valence-corrected chi connectivity index (χ1v) is 5.84. The van der Waals surface area contributed by atoms with Crippen LogP contribution < -0.4 is 5.43 Å². The molecule has 0 saturated carbocycles. The predicted octanol–water partition coefficient (Wildman–Crippen LogP) is 2.58. The highest BCUT2D eigenvalue weighted by atomic mass is 16.3. The molecular weight excluding hydrogens is 260 g/mol. The smallest absolute Gasteiger partial charge is 0.197 e. The van der Waals surface area contributed by atoms with Crippen molar-refractivity contribution in [3.05, 3.63) is 52.7 Å². The van der Waals surface area contributed by atoms with E-state index < -0.39 is 11.2 Å². The van der Waals surface area contributed by atoms with Gasteiger partial charge in [-0.05, 0) is 24.3 Å². The van der Waals surface area contributed by atoms with Gasteiger partial charge < -0.3 is 19.7 Å². The molecule has 3 rings (SSSR count). The van der Waals surface area contributed by atoms with Crippen LogP contribution in [-0.2, 0) is 0 Å². The van der Waals surface area contributed by atoms with Crippen molar-refractivity contribution in [1.29, 1.82) is 0 Å². The highest BCUT2D eigenvalue weighted by Gasteiger charge is 2.13. The lowest BCUT2D eigenvalue weighted by Gasteiger charge is -2.05. The molecule has 0 bridgehead atoms. The second kappa shape index (κ2) is 4.31. The summed E-state index contributed by atoms with van der Waals surface area (Å²) in [6.07, 6.45) is 0. The lowest BCUT2D eigenvalue weighted by atomic mass is 10.1. The summed E-state index contributed by atoms with van der Waals surface area (Å²) in [5, 5.41) is 28.5. The van der Waals surface area contributed by atoms with E-state index in [1.54, 1.807) is 12.1 Å². The molecule has 0 atom stereocenters. The topological polar surface area (TPSA) is 90.9 Å². The Morgan fingerprint density at radius 3 is 2.50 bits per heavy atom. The van der Waals surface area contributed by atoms with Crippen molar-refractivity contribution in [1.82, 2.24) is 0 Å². The van der Waals surface area contributed by atoms with Crippen molar-refractivity contribution in [2.75, 3.05) is 0 Å². The highest BCUT2D eigenvalue weighted by molar-refractivity contribution is 5.87. The third-order valence-corrected chi connectivity index (χ3v) is 2.98. The summed E-state index contributed by atoms with van der Waals surface area (Å²) in [4.78, 5) is 12.0. The van der Waals surface area contributed by atoms with E-state index in [4.69, 9.17) is 4.42 Å². The lowest BCUT2D eigenvalue weighted by Crippen LogP contribution is -2.00. The van der Waals surface area contributed by atoms with Crippen molar-refractivity contribution in [3.63, 3.8) is 0 Å². The van der Waals surface area contributed by atoms with Gasteiger partial charge in [0, 0.05) is 11.6 Å². The standard InChI is InChI=1S/C15H10O5/c16-9-3-1-2-8(6-9)13-7-11(18)14-12(20-13)5-4-10(17)15(14)19/h1-7,16-17,19H. The van der Waals surface area contributed by atoms with E-state index in [1.807, 2.05) is 0 Å². The van der Waals surface area contributed by atoms with Gasteiger partial charge in [0.2, 0.25) is 0 Å². The molecule has 100 valence electrons. The monoisotopic (exact) mass is 270 g/mol. The average Bonchev–Trinajstić information content (AvgIpc) is 2.42. The number of phenols is 3. The zero-order chi connectivity index (χ0) is 14.3. The molecule has 0 amide bonds. The van der Waals surface area contributed by atoms with Crippen molar-refractivity contribution in [3.8, 4) is 28.6 Å². The molecule has 20 heavy (non-hydrogen) atoms. The van der Waals surface area contributed by atoms with Gasteiger partial charge in [0.15, 0.2) is 16.9 Å². The summed E-state index contributed by atoms with van der Waals surface area (Å²) < 4.78 is 5.54. The maximum Gasteiger partial charge on any atom is 0.197 e. The normalized spacial score (nSPS) is 10.8. The van der Waals surface area contributed by atoms with E-state index in [0.717, 1.165) is 0 Å². The molecule has 0 saturated heterocycles. The van der Waals surface area contributed by atoms with E-state index in [9.17, 15) is 20.1 Å². The number of benzene rings is 2. The Morgan fingerprint density at radius 2 is 1.75 bits per heavy atom. The van der Waals surface area contributed by atoms with Crippen LogP contribution in [0.25, 0.3) is 22.3 Å². The fraction of sp³-hybridized carbons (Fsp3) is 0. The number of hydrogen-bond donors (Lipinski definition) is 3. The Balaban J connectivity index is 2.31. The van der Waals surface area contributed by atoms with Crippen LogP contribution in [0.2, 0.25) is 0 Å². The SMILES string of the molecule is O=c1cc(-c2cccc(O)c2)oc2ccc(O)c(O)c12. The van der Waals surface area contributed by atoms with Crippen LogP contribution in [-0.4, -0.2) is 15.3 Å². The fourth-order valence-electron chi connectivity index (χ4n) is 2.03. The largest absolute Gasteiger partial charge is 0.508 e. The Labute approximate surface area is 113 Å². The Morgan fingerprint density at radius 1 is 0.950 bits per heavy atom. The molecule has 5 nitrogen and oxygen atoms in total. The summed E-state index contributed by atoms with van der Waals surface area (Å²) in [7, 11) is 0. The van der Waals surface area contributed by atoms with Crippen LogP contribution in [0.4, 0.5) is 0 Å². The molecule has 0 unspecified atom stereocenters. The van der Waals surface area contributed by atoms with Crippen molar-refractivity contribution >= 4 is 11.0 Å². The Kier molecular flexibility index (Phi) is 2.61. The average molecular weight is 270 g/mol. The minimum Gasteiger partial charge on any atom is -0.508 e. The van der Waals surface area contributed by atoms with Crippen LogP contribution in [0.5, 0.6) is 17.2 Å². The highest BCUT2D eigenvalue weighted by Crippen LogP contribution is 2.33. The summed E-state index contributed by atoms with van der Waals surface area (Å²) in [5.41, 5.74) is 0.223. The zero-order valence-corrected chi connectivity index (χ0v) is 10.2. The fourth-order valence-corrected chi connectivity index (χ4v) is 2.03. The third-order valence-electron chi connectivity index (χ3n) is 2.98. The van der Waals surface area contributed by atoms with Crippen LogP contribution >= 0.6 is 0 Å². The maximum atomic E-state index is 12.0. The van der Waals surface area contributed by atoms with Gasteiger partial charge in [-0.15, -0.1) is 0 Å². The minimum atomic E-state index is -0.501. The number of hydrogen-bond acceptors (Lipinski definition) is 5. The molecule has 0 radical (unpaired) electrons. The van der Waals surface area contributed by atoms with Crippen molar-refractivity contribution in [2.45, 2.75) is 0 Å². The molecule has 2 aromatic carbocycles. The molecule has 3 aromatic rings. The number of phenolic OH excluding ortho intramolecular Hbond substituents is 3. The van der Waals surface area contributed by atoms with Gasteiger partial charge in [-0.25, -0.2) is 0 Å². The number of aromatic hydroxyl groups is 3. The lowest BCUT2D eigenvalue weighted by molar-refractivity contribution is 0.407. The second-order valence-corrected chi connectivity index (χ2v) is 4.33. The molecule has 1 aromatic heterocycles. The first kappa shape index (κ1) is 12.1. The first-order valence-electron chi connectivity index (χ1n) is 5.84. The van der Waals surface area contributed by atoms with Crippen molar-refractivity contribution in [2.24, 2.45) is 0 Å². The molecular formula is C15H10O5. The van der Waals surface area contributed by atoms with Gasteiger partial charge in [0.05, 0.1) is 0 Å². The number of fused-ring (bicyclic) bond motifs is 1. The van der Waals surface area contributed by atoms with E-state index in [2.05, 4.69) is 0 Å². The van der Waals surface area contributed by atoms with Crippen LogP contribution in [0, 0.1) is 0 Å². The quantitative estimate of drug-likeness (QED) is 0.591. The van der Waals surface area contributed by atoms with E-state index in [-0.39, 0.29) is 28.2 Å². The molecule has 0 aliphatic carbocycles. The van der Waals surface area contributed by atoms with Gasteiger partial charge >= 0.3 is 0 Å². The summed E-state index contributed by atoms with van der Waals surface area (Å²) >= 11 is 0. The van der Waals surface area contributed by atoms with Crippen LogP contribution in [0.3, 0.4) is 0 Å². The van der Waals surface area contributed by atoms with Gasteiger partial charge in [-0.2, -0.15) is 0 Å². The zero-order valence-electron chi connectivity index (χ0n) is 10.2. The maximum absolute atomic E-state index is 12.0. The summed E-state index contributed by atoms with van der Waals surface area (Å²) in [5.74, 6) is -0.559. The van der Waals surface area contributed by atoms with Gasteiger partial charge in [0.1, 0.15) is 22.5 Å². The molecule has 0 fully saturated rings. The molecule has 1 heterocycles. The molecule has 5 heteroatoms. The van der Waals surface area contributed by atoms with Crippen LogP contribution in [0.15, 0.2) is 51.7 Å². The molecule has 0 aliphatic rings. The second-order valence-electron chi connectivity index (χ2n) is 4.33. The Hall–Kier alpha value is -2.95. The molecule has 0 spiro atoms. The van der Waals surface area contributed by atoms with E-state index >= 15 is 0 Å². The first-order chi connectivity index (χ1) is 9.56. The third kappa shape index (κ3) is 1.85. The van der Waals surface area contributed by atoms with Gasteiger partial charge in [-0.3, -0.25) is 4.79 Å². The minimum absolute atomic E-state index is 0.0544. The van der Waals surface area contributed by atoms with E-state index in [1.165, 1.54) is 30.3 Å². The predicted molar refractivity (Wildman–Crippen MR) is 72.9 cm³/mol.